The van der Waals surface area contributed by atoms with E-state index in [-0.39, 0.29) is 31.9 Å². The molecule has 0 bridgehead atoms. The summed E-state index contributed by atoms with van der Waals surface area (Å²) in [7, 11) is 1.80. The van der Waals surface area contributed by atoms with E-state index in [2.05, 4.69) is 10.0 Å². The zero-order valence-electron chi connectivity index (χ0n) is 15.4. The standard InChI is InChI=1S/C19H22F2N4O2/c1-3-27-18(26)17-14-5-4-13(12-6-8-19(20,21)9-7-12)10-15(14)25(2)16(17)11-23-24-22/h4-5,10,12H,3,6-9,11H2,1-2H3. The number of aromatic nitrogens is 1. The van der Waals surface area contributed by atoms with Gasteiger partial charge in [0.05, 0.1) is 18.7 Å². The number of aryl methyl sites for hydroxylation is 1. The first-order valence-corrected chi connectivity index (χ1v) is 9.05. The van der Waals surface area contributed by atoms with Crippen molar-refractivity contribution < 1.29 is 18.3 Å². The fraction of sp³-hybridized carbons (Fsp3) is 0.526. The molecule has 0 unspecified atom stereocenters. The molecule has 144 valence electrons. The number of alkyl halides is 2. The van der Waals surface area contributed by atoms with E-state index in [4.69, 9.17) is 10.3 Å². The zero-order valence-corrected chi connectivity index (χ0v) is 15.4. The van der Waals surface area contributed by atoms with E-state index in [1.807, 2.05) is 22.8 Å². The molecule has 1 aliphatic carbocycles. The minimum atomic E-state index is -2.56. The maximum Gasteiger partial charge on any atom is 0.340 e. The number of azide groups is 1. The number of fused-ring (bicyclic) bond motifs is 1. The molecule has 3 rings (SSSR count). The Labute approximate surface area is 155 Å². The van der Waals surface area contributed by atoms with Crippen molar-refractivity contribution in [1.29, 1.82) is 0 Å². The van der Waals surface area contributed by atoms with E-state index < -0.39 is 11.9 Å². The maximum atomic E-state index is 13.5. The van der Waals surface area contributed by atoms with Crippen molar-refractivity contribution in [3.8, 4) is 0 Å². The van der Waals surface area contributed by atoms with Gasteiger partial charge in [0.15, 0.2) is 0 Å². The van der Waals surface area contributed by atoms with Gasteiger partial charge < -0.3 is 9.30 Å². The van der Waals surface area contributed by atoms with Gasteiger partial charge in [0.25, 0.3) is 0 Å². The van der Waals surface area contributed by atoms with Gasteiger partial charge in [-0.1, -0.05) is 17.2 Å². The number of hydrogen-bond acceptors (Lipinski definition) is 3. The molecule has 27 heavy (non-hydrogen) atoms. The second-order valence-electron chi connectivity index (χ2n) is 6.90. The molecule has 0 spiro atoms. The molecule has 0 aliphatic heterocycles. The summed E-state index contributed by atoms with van der Waals surface area (Å²) in [6.07, 6.45) is 0.691. The second kappa shape index (κ2) is 7.56. The van der Waals surface area contributed by atoms with Gasteiger partial charge in [-0.05, 0) is 42.8 Å². The monoisotopic (exact) mass is 376 g/mol. The van der Waals surface area contributed by atoms with Gasteiger partial charge in [-0.3, -0.25) is 0 Å². The molecule has 0 N–H and O–H groups in total. The number of benzene rings is 1. The van der Waals surface area contributed by atoms with Crippen LogP contribution in [0.2, 0.25) is 0 Å². The predicted octanol–water partition coefficient (Wildman–Crippen LogP) is 5.46. The normalized spacial score (nSPS) is 16.9. The summed E-state index contributed by atoms with van der Waals surface area (Å²) in [6, 6.07) is 5.69. The smallest absolute Gasteiger partial charge is 0.340 e. The molecule has 0 amide bonds. The number of nitrogens with zero attached hydrogens (tertiary/aromatic N) is 4. The third-order valence-corrected chi connectivity index (χ3v) is 5.30. The maximum absolute atomic E-state index is 13.5. The number of carbonyl (C=O) groups excluding carboxylic acids is 1. The number of carbonyl (C=O) groups is 1. The minimum Gasteiger partial charge on any atom is -0.462 e. The molecular weight excluding hydrogens is 354 g/mol. The van der Waals surface area contributed by atoms with Crippen LogP contribution in [0.4, 0.5) is 8.78 Å². The summed E-state index contributed by atoms with van der Waals surface area (Å²) in [6.45, 7) is 2.00. The lowest BCUT2D eigenvalue weighted by molar-refractivity contribution is -0.0382. The number of ether oxygens (including phenoxy) is 1. The highest BCUT2D eigenvalue weighted by Crippen LogP contribution is 2.41. The lowest BCUT2D eigenvalue weighted by Crippen LogP contribution is -2.23. The Hall–Kier alpha value is -2.60. The van der Waals surface area contributed by atoms with Crippen LogP contribution in [0.1, 0.15) is 60.1 Å². The Bertz CT molecular complexity index is 906. The van der Waals surface area contributed by atoms with Crippen molar-refractivity contribution in [2.75, 3.05) is 6.61 Å². The van der Waals surface area contributed by atoms with Crippen molar-refractivity contribution in [3.05, 3.63) is 45.5 Å². The summed E-state index contributed by atoms with van der Waals surface area (Å²) < 4.78 is 33.9. The number of halogens is 2. The van der Waals surface area contributed by atoms with Crippen molar-refractivity contribution in [1.82, 2.24) is 4.57 Å². The van der Waals surface area contributed by atoms with Crippen LogP contribution in [0.3, 0.4) is 0 Å². The largest absolute Gasteiger partial charge is 0.462 e. The van der Waals surface area contributed by atoms with Crippen LogP contribution in [0.15, 0.2) is 23.3 Å². The molecule has 0 saturated heterocycles. The predicted molar refractivity (Wildman–Crippen MR) is 97.9 cm³/mol. The van der Waals surface area contributed by atoms with E-state index in [1.54, 1.807) is 14.0 Å². The molecule has 0 radical (unpaired) electrons. The molecule has 2 aromatic rings. The zero-order chi connectivity index (χ0) is 19.6. The third-order valence-electron chi connectivity index (χ3n) is 5.30. The Morgan fingerprint density at radius 2 is 2.11 bits per heavy atom. The summed E-state index contributed by atoms with van der Waals surface area (Å²) in [4.78, 5) is 15.2. The van der Waals surface area contributed by atoms with Gasteiger partial charge >= 0.3 is 5.97 Å². The molecule has 1 aliphatic rings. The first-order chi connectivity index (χ1) is 12.9. The number of esters is 1. The lowest BCUT2D eigenvalue weighted by Gasteiger charge is -2.28. The topological polar surface area (TPSA) is 80.0 Å². The average Bonchev–Trinajstić information content (AvgIpc) is 2.92. The SMILES string of the molecule is CCOC(=O)c1c(CN=[N+]=[N-])n(C)c2cc(C3CCC(F)(F)CC3)ccc12. The Kier molecular flexibility index (Phi) is 5.37. The number of hydrogen-bond donors (Lipinski definition) is 0. The number of rotatable bonds is 5. The third kappa shape index (κ3) is 3.76. The molecular formula is C19H22F2N4O2. The highest BCUT2D eigenvalue weighted by atomic mass is 19.3. The fourth-order valence-corrected chi connectivity index (χ4v) is 3.85. The van der Waals surface area contributed by atoms with Gasteiger partial charge in [-0.15, -0.1) is 0 Å². The summed E-state index contributed by atoms with van der Waals surface area (Å²) in [5, 5.41) is 4.31. The Balaban J connectivity index is 2.04. The molecule has 8 heteroatoms. The van der Waals surface area contributed by atoms with Crippen LogP contribution in [0.5, 0.6) is 0 Å². The van der Waals surface area contributed by atoms with E-state index in [9.17, 15) is 13.6 Å². The molecule has 6 nitrogen and oxygen atoms in total. The van der Waals surface area contributed by atoms with Crippen LogP contribution in [0.25, 0.3) is 21.3 Å². The molecule has 1 aromatic carbocycles. The summed E-state index contributed by atoms with van der Waals surface area (Å²) in [5.74, 6) is -2.95. The summed E-state index contributed by atoms with van der Waals surface area (Å²) in [5.41, 5.74) is 11.4. The highest BCUT2D eigenvalue weighted by molar-refractivity contribution is 6.06. The van der Waals surface area contributed by atoms with Gasteiger partial charge in [0.1, 0.15) is 0 Å². The van der Waals surface area contributed by atoms with Gasteiger partial charge in [0, 0.05) is 41.4 Å². The van der Waals surface area contributed by atoms with E-state index in [1.165, 1.54) is 0 Å². The van der Waals surface area contributed by atoms with Gasteiger partial charge in [-0.2, -0.15) is 0 Å². The second-order valence-corrected chi connectivity index (χ2v) is 6.90. The molecule has 1 fully saturated rings. The van der Waals surface area contributed by atoms with Crippen molar-refractivity contribution in [2.24, 2.45) is 12.2 Å². The molecule has 0 atom stereocenters. The van der Waals surface area contributed by atoms with Crippen LogP contribution >= 0.6 is 0 Å². The van der Waals surface area contributed by atoms with E-state index in [0.29, 0.717) is 29.5 Å². The first kappa shape index (κ1) is 19.2. The van der Waals surface area contributed by atoms with E-state index in [0.717, 1.165) is 11.1 Å². The summed E-state index contributed by atoms with van der Waals surface area (Å²) >= 11 is 0. The van der Waals surface area contributed by atoms with Crippen LogP contribution < -0.4 is 0 Å². The van der Waals surface area contributed by atoms with Gasteiger partial charge in [-0.25, -0.2) is 13.6 Å². The van der Waals surface area contributed by atoms with Crippen molar-refractivity contribution >= 4 is 16.9 Å². The van der Waals surface area contributed by atoms with E-state index >= 15 is 0 Å². The average molecular weight is 376 g/mol. The van der Waals surface area contributed by atoms with Crippen molar-refractivity contribution in [2.45, 2.75) is 51.0 Å². The minimum absolute atomic E-state index is 0.0286. The quantitative estimate of drug-likeness (QED) is 0.301. The fourth-order valence-electron chi connectivity index (χ4n) is 3.85. The van der Waals surface area contributed by atoms with Crippen LogP contribution in [0, 0.1) is 0 Å². The van der Waals surface area contributed by atoms with Crippen molar-refractivity contribution in [3.63, 3.8) is 0 Å². The highest BCUT2D eigenvalue weighted by Gasteiger charge is 2.35. The Morgan fingerprint density at radius 1 is 1.41 bits per heavy atom. The first-order valence-electron chi connectivity index (χ1n) is 9.05. The molecule has 1 heterocycles. The van der Waals surface area contributed by atoms with Crippen LogP contribution in [-0.2, 0) is 18.3 Å². The van der Waals surface area contributed by atoms with Crippen LogP contribution in [-0.4, -0.2) is 23.1 Å². The lowest BCUT2D eigenvalue weighted by atomic mass is 9.82. The molecule has 1 saturated carbocycles. The molecule has 1 aromatic heterocycles. The van der Waals surface area contributed by atoms with Gasteiger partial charge in [0.2, 0.25) is 5.92 Å². The Morgan fingerprint density at radius 3 is 2.74 bits per heavy atom.